The van der Waals surface area contributed by atoms with E-state index in [4.69, 9.17) is 0 Å². The van der Waals surface area contributed by atoms with Gasteiger partial charge in [-0.25, -0.2) is 0 Å². The van der Waals surface area contributed by atoms with Crippen LogP contribution < -0.4 is 5.46 Å². The van der Waals surface area contributed by atoms with Crippen LogP contribution in [0, 0.1) is 0 Å². The van der Waals surface area contributed by atoms with Crippen molar-refractivity contribution in [2.45, 2.75) is 24.7 Å². The van der Waals surface area contributed by atoms with Crippen molar-refractivity contribution in [2.24, 2.45) is 0 Å². The monoisotopic (exact) mass is 470 g/mol. The highest BCUT2D eigenvalue weighted by Crippen LogP contribution is 2.59. The Kier molecular flexibility index (Phi) is 4.52. The van der Waals surface area contributed by atoms with Crippen molar-refractivity contribution in [3.63, 3.8) is 0 Å². The van der Waals surface area contributed by atoms with Gasteiger partial charge < -0.3 is 0 Å². The van der Waals surface area contributed by atoms with Crippen molar-refractivity contribution in [1.29, 1.82) is 0 Å². The zero-order chi connectivity index (χ0) is 24.5. The second-order valence-electron chi connectivity index (χ2n) is 10.8. The molecule has 0 aromatic heterocycles. The molecule has 0 amide bonds. The van der Waals surface area contributed by atoms with E-state index in [0.717, 1.165) is 0 Å². The molecule has 2 atom stereocenters. The van der Waals surface area contributed by atoms with Gasteiger partial charge in [-0.3, -0.25) is 0 Å². The maximum atomic E-state index is 2.40. The van der Waals surface area contributed by atoms with Gasteiger partial charge >= 0.3 is 0 Å². The average molecular weight is 470 g/mol. The van der Waals surface area contributed by atoms with Crippen molar-refractivity contribution in [3.05, 3.63) is 126 Å². The molecule has 6 aromatic carbocycles. The highest BCUT2D eigenvalue weighted by atomic mass is 14.4. The average Bonchev–Trinajstić information content (AvgIpc) is 2.93. The van der Waals surface area contributed by atoms with E-state index >= 15 is 0 Å². The summed E-state index contributed by atoms with van der Waals surface area (Å²) in [6.45, 7) is 0. The first-order chi connectivity index (χ1) is 18.3. The molecule has 6 aromatic rings. The first-order valence-corrected chi connectivity index (χ1v) is 13.5. The predicted octanol–water partition coefficient (Wildman–Crippen LogP) is 8.23. The summed E-state index contributed by atoms with van der Waals surface area (Å²) in [5.74, 6) is 1.33. The summed E-state index contributed by atoms with van der Waals surface area (Å²) >= 11 is 0. The van der Waals surface area contributed by atoms with Gasteiger partial charge in [-0.15, -0.1) is 0 Å². The lowest BCUT2D eigenvalue weighted by molar-refractivity contribution is 0.343. The molecule has 0 heterocycles. The Morgan fingerprint density at radius 2 is 1.11 bits per heavy atom. The smallest absolute Gasteiger partial charge is 0.0735 e. The molecule has 0 saturated heterocycles. The van der Waals surface area contributed by atoms with E-state index in [9.17, 15) is 0 Å². The van der Waals surface area contributed by atoms with Crippen LogP contribution in [-0.4, -0.2) is 7.85 Å². The van der Waals surface area contributed by atoms with Crippen molar-refractivity contribution in [2.75, 3.05) is 0 Å². The number of hydrogen-bond donors (Lipinski definition) is 0. The Bertz CT molecular complexity index is 1850. The summed E-state index contributed by atoms with van der Waals surface area (Å²) < 4.78 is 0. The normalized spacial score (nSPS) is 17.6. The van der Waals surface area contributed by atoms with Crippen LogP contribution in [0.1, 0.15) is 35.8 Å². The molecule has 174 valence electrons. The van der Waals surface area contributed by atoms with E-state index in [2.05, 4.69) is 123 Å². The Labute approximate surface area is 219 Å². The SMILES string of the molecule is Bc1c2ccccc2c(-c2cccc3c2-c2ccccc2C2CCC32)c2ccc(-c3ccccc3)cc12. The molecular weight excluding hydrogens is 443 g/mol. The van der Waals surface area contributed by atoms with E-state index < -0.39 is 0 Å². The molecule has 2 aliphatic carbocycles. The molecule has 0 nitrogen and oxygen atoms in total. The Balaban J connectivity index is 1.49. The molecular formula is C36H27B. The quantitative estimate of drug-likeness (QED) is 0.177. The zero-order valence-electron chi connectivity index (χ0n) is 21.0. The van der Waals surface area contributed by atoms with Gasteiger partial charge in [-0.1, -0.05) is 115 Å². The lowest BCUT2D eigenvalue weighted by Gasteiger charge is -2.44. The summed E-state index contributed by atoms with van der Waals surface area (Å²) in [6.07, 6.45) is 2.61. The highest BCUT2D eigenvalue weighted by Gasteiger charge is 2.40. The molecule has 8 rings (SSSR count). The lowest BCUT2D eigenvalue weighted by atomic mass is 9.60. The van der Waals surface area contributed by atoms with Crippen LogP contribution in [0.4, 0.5) is 0 Å². The molecule has 2 unspecified atom stereocenters. The largest absolute Gasteiger partial charge is 0.140 e. The van der Waals surface area contributed by atoms with Crippen LogP contribution in [0.2, 0.25) is 0 Å². The van der Waals surface area contributed by atoms with Gasteiger partial charge in [0.05, 0.1) is 0 Å². The lowest BCUT2D eigenvalue weighted by Crippen LogP contribution is -2.26. The van der Waals surface area contributed by atoms with Crippen molar-refractivity contribution in [3.8, 4) is 33.4 Å². The number of fused-ring (bicyclic) bond motifs is 8. The van der Waals surface area contributed by atoms with Crippen molar-refractivity contribution < 1.29 is 0 Å². The summed E-state index contributed by atoms with van der Waals surface area (Å²) in [7, 11) is 2.29. The summed E-state index contributed by atoms with van der Waals surface area (Å²) in [5.41, 5.74) is 12.6. The zero-order valence-corrected chi connectivity index (χ0v) is 21.0. The van der Waals surface area contributed by atoms with E-state index in [0.29, 0.717) is 11.8 Å². The molecule has 0 radical (unpaired) electrons. The van der Waals surface area contributed by atoms with Gasteiger partial charge in [0.1, 0.15) is 7.85 Å². The minimum absolute atomic E-state index is 0.650. The first kappa shape index (κ1) is 21.0. The molecule has 0 N–H and O–H groups in total. The molecule has 0 bridgehead atoms. The fourth-order valence-corrected chi connectivity index (χ4v) is 7.17. The minimum Gasteiger partial charge on any atom is -0.0735 e. The van der Waals surface area contributed by atoms with Crippen LogP contribution >= 0.6 is 0 Å². The van der Waals surface area contributed by atoms with Gasteiger partial charge in [0.25, 0.3) is 0 Å². The Morgan fingerprint density at radius 1 is 0.459 bits per heavy atom. The van der Waals surface area contributed by atoms with Gasteiger partial charge in [0, 0.05) is 0 Å². The van der Waals surface area contributed by atoms with Crippen LogP contribution in [0.25, 0.3) is 54.9 Å². The van der Waals surface area contributed by atoms with Gasteiger partial charge in [-0.2, -0.15) is 0 Å². The summed E-state index contributed by atoms with van der Waals surface area (Å²) in [5, 5.41) is 5.38. The van der Waals surface area contributed by atoms with Gasteiger partial charge in [0.2, 0.25) is 0 Å². The van der Waals surface area contributed by atoms with Crippen LogP contribution in [0.15, 0.2) is 115 Å². The van der Waals surface area contributed by atoms with E-state index in [1.165, 1.54) is 73.2 Å². The molecule has 0 aliphatic heterocycles. The highest BCUT2D eigenvalue weighted by molar-refractivity contribution is 6.47. The minimum atomic E-state index is 0.650. The number of hydrogen-bond acceptors (Lipinski definition) is 0. The van der Waals surface area contributed by atoms with Crippen LogP contribution in [-0.2, 0) is 0 Å². The fourth-order valence-electron chi connectivity index (χ4n) is 7.17. The van der Waals surface area contributed by atoms with Crippen molar-refractivity contribution >= 4 is 34.9 Å². The van der Waals surface area contributed by atoms with Gasteiger partial charge in [0.15, 0.2) is 0 Å². The third-order valence-corrected chi connectivity index (χ3v) is 9.07. The topological polar surface area (TPSA) is 0 Å². The van der Waals surface area contributed by atoms with Crippen LogP contribution in [0.5, 0.6) is 0 Å². The van der Waals surface area contributed by atoms with Crippen molar-refractivity contribution in [1.82, 2.24) is 0 Å². The molecule has 1 saturated carbocycles. The number of rotatable bonds is 2. The van der Waals surface area contributed by atoms with E-state index in [-0.39, 0.29) is 0 Å². The fraction of sp³-hybridized carbons (Fsp3) is 0.111. The number of benzene rings is 6. The molecule has 0 spiro atoms. The molecule has 1 fully saturated rings. The first-order valence-electron chi connectivity index (χ1n) is 13.5. The van der Waals surface area contributed by atoms with Crippen LogP contribution in [0.3, 0.4) is 0 Å². The Morgan fingerprint density at radius 3 is 1.95 bits per heavy atom. The van der Waals surface area contributed by atoms with E-state index in [1.54, 1.807) is 11.1 Å². The third kappa shape index (κ3) is 2.98. The molecule has 37 heavy (non-hydrogen) atoms. The second-order valence-corrected chi connectivity index (χ2v) is 10.8. The maximum absolute atomic E-state index is 2.40. The van der Waals surface area contributed by atoms with Gasteiger partial charge in [-0.05, 0) is 96.8 Å². The second kappa shape index (κ2) is 7.95. The predicted molar refractivity (Wildman–Crippen MR) is 161 cm³/mol. The Hall–Kier alpha value is -4.10. The molecule has 2 aliphatic rings. The maximum Gasteiger partial charge on any atom is 0.140 e. The molecule has 1 heteroatoms. The van der Waals surface area contributed by atoms with E-state index in [1.807, 2.05) is 0 Å². The standard InChI is InChI=1S/C36H27B/c37-36-31-14-7-6-13-29(31)35(30-18-17-23(21-33(30)36)22-9-2-1-3-10-22)32-16-8-15-28-26-20-19-25(26)24-11-4-5-12-27(24)34(28)32/h1-18,21,25-26H,19-20,37H2. The summed E-state index contributed by atoms with van der Waals surface area (Å²) in [4.78, 5) is 0. The summed E-state index contributed by atoms with van der Waals surface area (Å²) in [6, 6.07) is 43.1. The third-order valence-electron chi connectivity index (χ3n) is 9.07.